The summed E-state index contributed by atoms with van der Waals surface area (Å²) < 4.78 is 34.1. The number of nitrogens with zero attached hydrogens (tertiary/aromatic N) is 1. The van der Waals surface area contributed by atoms with Gasteiger partial charge in [-0.05, 0) is 53.1 Å². The molecule has 0 bridgehead atoms. The maximum Gasteiger partial charge on any atom is 0.267 e. The number of methoxy groups -OCH3 is 1. The molecule has 5 nitrogen and oxygen atoms in total. The minimum Gasteiger partial charge on any atom is -0.497 e. The van der Waals surface area contributed by atoms with Crippen LogP contribution in [0.3, 0.4) is 0 Å². The Labute approximate surface area is 195 Å². The Bertz CT molecular complexity index is 1290. The van der Waals surface area contributed by atoms with Gasteiger partial charge in [0.05, 0.1) is 23.5 Å². The van der Waals surface area contributed by atoms with Gasteiger partial charge < -0.3 is 4.74 Å². The number of hydrogen-bond donors (Lipinski definition) is 0. The molecule has 3 aromatic carbocycles. The number of rotatable bonds is 5. The maximum atomic E-state index is 13.9. The van der Waals surface area contributed by atoms with Crippen LogP contribution in [0.4, 0.5) is 0 Å². The van der Waals surface area contributed by atoms with Crippen LogP contribution in [-0.4, -0.2) is 25.7 Å². The third kappa shape index (κ3) is 2.97. The van der Waals surface area contributed by atoms with Crippen LogP contribution in [0.1, 0.15) is 37.3 Å². The number of hydrogen-bond acceptors (Lipinski definition) is 4. The third-order valence-corrected chi connectivity index (χ3v) is 9.37. The van der Waals surface area contributed by atoms with Gasteiger partial charge in [-0.3, -0.25) is 4.79 Å². The van der Waals surface area contributed by atoms with Crippen molar-refractivity contribution in [1.82, 2.24) is 4.31 Å². The molecule has 1 aliphatic carbocycles. The zero-order valence-corrected chi connectivity index (χ0v) is 19.7. The Morgan fingerprint density at radius 3 is 2.03 bits per heavy atom. The Kier molecular flexibility index (Phi) is 4.90. The lowest BCUT2D eigenvalue weighted by molar-refractivity contribution is -0.161. The topological polar surface area (TPSA) is 63.7 Å². The van der Waals surface area contributed by atoms with Gasteiger partial charge >= 0.3 is 0 Å². The van der Waals surface area contributed by atoms with Gasteiger partial charge in [0.1, 0.15) is 5.75 Å². The van der Waals surface area contributed by atoms with E-state index in [0.717, 1.165) is 15.4 Å². The van der Waals surface area contributed by atoms with Crippen LogP contribution in [-0.2, 0) is 20.4 Å². The van der Waals surface area contributed by atoms with Crippen molar-refractivity contribution in [2.75, 3.05) is 7.11 Å². The summed E-state index contributed by atoms with van der Waals surface area (Å²) >= 11 is 0. The molecular weight excluding hydrogens is 434 g/mol. The molecule has 3 atom stereocenters. The molecule has 33 heavy (non-hydrogen) atoms. The van der Waals surface area contributed by atoms with Crippen molar-refractivity contribution in [2.45, 2.75) is 36.6 Å². The van der Waals surface area contributed by atoms with Gasteiger partial charge in [-0.25, -0.2) is 12.7 Å². The fourth-order valence-electron chi connectivity index (χ4n) is 6.03. The first-order valence-corrected chi connectivity index (χ1v) is 12.5. The molecule has 1 saturated heterocycles. The van der Waals surface area contributed by atoms with E-state index in [9.17, 15) is 13.2 Å². The minimum absolute atomic E-state index is 0.0314. The van der Waals surface area contributed by atoms with Crippen LogP contribution >= 0.6 is 0 Å². The van der Waals surface area contributed by atoms with Crippen molar-refractivity contribution in [2.24, 2.45) is 11.3 Å². The van der Waals surface area contributed by atoms with E-state index < -0.39 is 26.9 Å². The highest BCUT2D eigenvalue weighted by atomic mass is 32.2. The normalized spacial score (nSPS) is 25.9. The minimum atomic E-state index is -4.06. The van der Waals surface area contributed by atoms with Gasteiger partial charge in [-0.1, -0.05) is 74.5 Å². The molecule has 5 rings (SSSR count). The molecule has 1 amide bonds. The van der Waals surface area contributed by atoms with Crippen LogP contribution in [0.15, 0.2) is 89.8 Å². The second kappa shape index (κ2) is 7.45. The molecule has 0 radical (unpaired) electrons. The molecule has 3 aromatic rings. The summed E-state index contributed by atoms with van der Waals surface area (Å²) in [6, 6.07) is 25.9. The van der Waals surface area contributed by atoms with Crippen LogP contribution in [0.25, 0.3) is 0 Å². The maximum absolute atomic E-state index is 13.9. The zero-order chi connectivity index (χ0) is 23.4. The van der Waals surface area contributed by atoms with E-state index in [0.29, 0.717) is 12.2 Å². The van der Waals surface area contributed by atoms with E-state index in [4.69, 9.17) is 4.74 Å². The fourth-order valence-corrected chi connectivity index (χ4v) is 7.77. The van der Waals surface area contributed by atoms with Crippen LogP contribution in [0.2, 0.25) is 0 Å². The molecule has 2 fully saturated rings. The molecule has 1 saturated carbocycles. The standard InChI is InChI=1S/C27H27NO4S/c1-26(2)23(19-10-6-4-7-11-19)18-27(20-12-8-5-9-13-20)24(26)25(29)28(27)33(30,31)22-16-14-21(32-3)15-17-22/h4-17,23-24H,18H2,1-3H3/t23-,24-,27-/m0/s1. The highest BCUT2D eigenvalue weighted by Crippen LogP contribution is 2.69. The fraction of sp³-hybridized carbons (Fsp3) is 0.296. The number of carbonyl (C=O) groups is 1. The van der Waals surface area contributed by atoms with Crippen LogP contribution in [0.5, 0.6) is 5.75 Å². The van der Waals surface area contributed by atoms with E-state index in [-0.39, 0.29) is 16.7 Å². The number of fused-ring (bicyclic) bond motifs is 1. The van der Waals surface area contributed by atoms with Crippen molar-refractivity contribution in [3.05, 3.63) is 96.1 Å². The second-order valence-corrected chi connectivity index (χ2v) is 11.3. The summed E-state index contributed by atoms with van der Waals surface area (Å²) in [5.74, 6) is -0.182. The van der Waals surface area contributed by atoms with Crippen molar-refractivity contribution in [3.8, 4) is 5.75 Å². The summed E-state index contributed by atoms with van der Waals surface area (Å²) in [4.78, 5) is 13.8. The highest BCUT2D eigenvalue weighted by molar-refractivity contribution is 7.89. The van der Waals surface area contributed by atoms with E-state index in [1.165, 1.54) is 19.2 Å². The highest BCUT2D eigenvalue weighted by Gasteiger charge is 2.75. The second-order valence-electron chi connectivity index (χ2n) is 9.50. The average Bonchev–Trinajstić information content (AvgIpc) is 3.03. The molecule has 2 aliphatic rings. The Balaban J connectivity index is 1.68. The van der Waals surface area contributed by atoms with Gasteiger partial charge in [0, 0.05) is 0 Å². The van der Waals surface area contributed by atoms with Gasteiger partial charge in [-0.15, -0.1) is 0 Å². The van der Waals surface area contributed by atoms with Gasteiger partial charge in [0.2, 0.25) is 5.91 Å². The summed E-state index contributed by atoms with van der Waals surface area (Å²) in [5.41, 5.74) is 0.640. The van der Waals surface area contributed by atoms with Gasteiger partial charge in [-0.2, -0.15) is 0 Å². The molecule has 0 unspecified atom stereocenters. The smallest absolute Gasteiger partial charge is 0.267 e. The molecule has 1 heterocycles. The summed E-state index contributed by atoms with van der Waals surface area (Å²) in [7, 11) is -2.54. The first-order chi connectivity index (χ1) is 15.7. The number of ether oxygens (including phenoxy) is 1. The molecule has 0 spiro atoms. The molecule has 170 valence electrons. The molecule has 1 aliphatic heterocycles. The predicted molar refractivity (Wildman–Crippen MR) is 126 cm³/mol. The molecule has 0 N–H and O–H groups in total. The quantitative estimate of drug-likeness (QED) is 0.504. The Morgan fingerprint density at radius 2 is 1.45 bits per heavy atom. The first-order valence-electron chi connectivity index (χ1n) is 11.1. The number of benzene rings is 3. The van der Waals surface area contributed by atoms with E-state index in [1.54, 1.807) is 12.1 Å². The van der Waals surface area contributed by atoms with Crippen LogP contribution < -0.4 is 4.74 Å². The van der Waals surface area contributed by atoms with Gasteiger partial charge in [0.15, 0.2) is 0 Å². The molecule has 0 aromatic heterocycles. The number of carbonyl (C=O) groups excluding carboxylic acids is 1. The molecular formula is C27H27NO4S. The van der Waals surface area contributed by atoms with Gasteiger partial charge in [0.25, 0.3) is 10.0 Å². The van der Waals surface area contributed by atoms with Crippen molar-refractivity contribution in [3.63, 3.8) is 0 Å². The summed E-state index contributed by atoms with van der Waals surface area (Å²) in [6.45, 7) is 4.19. The lowest BCUT2D eigenvalue weighted by Gasteiger charge is -2.56. The largest absolute Gasteiger partial charge is 0.497 e. The molecule has 6 heteroatoms. The number of β-lactam (4-membered cyclic amide) rings is 1. The predicted octanol–water partition coefficient (Wildman–Crippen LogP) is 4.95. The third-order valence-electron chi connectivity index (χ3n) is 7.52. The Morgan fingerprint density at radius 1 is 0.879 bits per heavy atom. The van der Waals surface area contributed by atoms with Crippen molar-refractivity contribution >= 4 is 15.9 Å². The zero-order valence-electron chi connectivity index (χ0n) is 18.9. The van der Waals surface area contributed by atoms with E-state index >= 15 is 0 Å². The monoisotopic (exact) mass is 461 g/mol. The number of amides is 1. The van der Waals surface area contributed by atoms with Crippen molar-refractivity contribution in [1.29, 1.82) is 0 Å². The first kappa shape index (κ1) is 21.7. The summed E-state index contributed by atoms with van der Waals surface area (Å²) in [5, 5.41) is 0. The van der Waals surface area contributed by atoms with E-state index in [2.05, 4.69) is 26.0 Å². The average molecular weight is 462 g/mol. The van der Waals surface area contributed by atoms with Crippen LogP contribution in [0, 0.1) is 11.3 Å². The number of sulfonamides is 1. The van der Waals surface area contributed by atoms with Crippen molar-refractivity contribution < 1.29 is 17.9 Å². The SMILES string of the molecule is COc1ccc(S(=O)(=O)N2C(=O)[C@H]3C(C)(C)[C@H](c4ccccc4)C[C@]32c2ccccc2)cc1. The lowest BCUT2D eigenvalue weighted by Crippen LogP contribution is -2.70. The summed E-state index contributed by atoms with van der Waals surface area (Å²) in [6.07, 6.45) is 0.541. The Hall–Kier alpha value is -3.12. The van der Waals surface area contributed by atoms with E-state index in [1.807, 2.05) is 48.5 Å². The lowest BCUT2D eigenvalue weighted by atomic mass is 9.65.